The van der Waals surface area contributed by atoms with E-state index in [2.05, 4.69) is 6.08 Å². The van der Waals surface area contributed by atoms with E-state index in [1.54, 1.807) is 12.2 Å². The molecule has 2 N–H and O–H groups in total. The molecule has 0 aromatic heterocycles. The molecule has 2 aliphatic rings. The smallest absolute Gasteiger partial charge is 0.337 e. The number of ketones is 1. The van der Waals surface area contributed by atoms with Crippen LogP contribution in [-0.4, -0.2) is 41.4 Å². The van der Waals surface area contributed by atoms with Gasteiger partial charge in [-0.05, 0) is 57.4 Å². The molecule has 0 radical (unpaired) electrons. The third-order valence-corrected chi connectivity index (χ3v) is 5.96. The maximum absolute atomic E-state index is 13.3. The van der Waals surface area contributed by atoms with Crippen molar-refractivity contribution < 1.29 is 28.9 Å². The van der Waals surface area contributed by atoms with Crippen LogP contribution in [0, 0.1) is 5.92 Å². The Balaban J connectivity index is 1.78. The molecule has 31 heavy (non-hydrogen) atoms. The van der Waals surface area contributed by atoms with Crippen LogP contribution in [0.5, 0.6) is 0 Å². The zero-order chi connectivity index (χ0) is 22.7. The summed E-state index contributed by atoms with van der Waals surface area (Å²) in [6.07, 6.45) is 16.6. The van der Waals surface area contributed by atoms with E-state index in [1.807, 2.05) is 12.2 Å². The Morgan fingerprint density at radius 3 is 2.71 bits per heavy atom. The molecule has 1 saturated carbocycles. The number of hydrogen-bond donors (Lipinski definition) is 2. The fourth-order valence-corrected chi connectivity index (χ4v) is 4.06. The predicted molar refractivity (Wildman–Crippen MR) is 118 cm³/mol. The molecule has 0 aromatic carbocycles. The third-order valence-electron chi connectivity index (χ3n) is 5.96. The van der Waals surface area contributed by atoms with Gasteiger partial charge in [-0.25, -0.2) is 9.18 Å². The topological polar surface area (TPSA) is 83.8 Å². The van der Waals surface area contributed by atoms with Gasteiger partial charge >= 0.3 is 5.97 Å². The van der Waals surface area contributed by atoms with Crippen LogP contribution in [0.3, 0.4) is 0 Å². The number of aliphatic hydroxyl groups excluding tert-OH is 1. The number of esters is 1. The van der Waals surface area contributed by atoms with Gasteiger partial charge in [0.1, 0.15) is 23.8 Å². The van der Waals surface area contributed by atoms with Crippen LogP contribution >= 0.6 is 0 Å². The number of methoxy groups -OCH3 is 1. The van der Waals surface area contributed by atoms with Crippen molar-refractivity contribution in [3.05, 3.63) is 47.3 Å². The number of allylic oxidation sites excluding steroid dienone is 5. The summed E-state index contributed by atoms with van der Waals surface area (Å²) in [5.41, 5.74) is -0.225. The number of carbonyl (C=O) groups is 2. The number of carbonyl (C=O) groups excluding carboxylic acids is 2. The third kappa shape index (κ3) is 7.76. The molecule has 0 saturated heterocycles. The predicted octanol–water partition coefficient (Wildman–Crippen LogP) is 5.21. The lowest BCUT2D eigenvalue weighted by atomic mass is 9.93. The molecule has 2 rings (SSSR count). The van der Waals surface area contributed by atoms with E-state index in [0.29, 0.717) is 32.1 Å². The summed E-state index contributed by atoms with van der Waals surface area (Å²) in [5, 5.41) is 20.8. The van der Waals surface area contributed by atoms with E-state index < -0.39 is 24.2 Å². The normalized spacial score (nSPS) is 22.1. The summed E-state index contributed by atoms with van der Waals surface area (Å²) in [5.74, 6) is -1.27. The molecule has 0 unspecified atom stereocenters. The summed E-state index contributed by atoms with van der Waals surface area (Å²) in [4.78, 5) is 24.1. The fourth-order valence-electron chi connectivity index (χ4n) is 4.06. The standard InChI is InChI=1S/C25H35FO5/c1-31-24(29)23(20-12-9-14-21(20)27)22(28)13-5-3-2-4-8-16-25(30,18-26)17-15-19-10-6-7-11-19/h4,8,10,15,17,20,28,30H,2-3,5-7,9,11-14,16,18H2,1H3/b8-4+,17-15+,23-22?/t20-,25+/m0/s1. The van der Waals surface area contributed by atoms with Crippen molar-refractivity contribution in [1.82, 2.24) is 0 Å². The van der Waals surface area contributed by atoms with E-state index in [-0.39, 0.29) is 23.5 Å². The number of hydrogen-bond acceptors (Lipinski definition) is 5. The van der Waals surface area contributed by atoms with Crippen LogP contribution in [0.4, 0.5) is 4.39 Å². The van der Waals surface area contributed by atoms with Gasteiger partial charge in [-0.15, -0.1) is 0 Å². The zero-order valence-corrected chi connectivity index (χ0v) is 18.4. The Morgan fingerprint density at radius 1 is 1.29 bits per heavy atom. The summed E-state index contributed by atoms with van der Waals surface area (Å²) in [6, 6.07) is 0. The first-order valence-corrected chi connectivity index (χ1v) is 11.2. The van der Waals surface area contributed by atoms with Crippen LogP contribution in [0.1, 0.15) is 70.6 Å². The molecule has 0 spiro atoms. The quantitative estimate of drug-likeness (QED) is 0.145. The average Bonchev–Trinajstić information content (AvgIpc) is 3.44. The molecule has 0 aliphatic heterocycles. The monoisotopic (exact) mass is 434 g/mol. The van der Waals surface area contributed by atoms with Crippen molar-refractivity contribution in [3.63, 3.8) is 0 Å². The largest absolute Gasteiger partial charge is 0.512 e. The second-order valence-electron chi connectivity index (χ2n) is 8.43. The van der Waals surface area contributed by atoms with Gasteiger partial charge in [0.05, 0.1) is 18.6 Å². The lowest BCUT2D eigenvalue weighted by Gasteiger charge is -2.18. The number of unbranched alkanes of at least 4 members (excludes halogenated alkanes) is 2. The number of alkyl halides is 1. The first-order valence-electron chi connectivity index (χ1n) is 11.2. The van der Waals surface area contributed by atoms with Gasteiger partial charge in [0.25, 0.3) is 0 Å². The van der Waals surface area contributed by atoms with Crippen molar-refractivity contribution in [2.24, 2.45) is 5.92 Å². The van der Waals surface area contributed by atoms with Gasteiger partial charge in [0.2, 0.25) is 0 Å². The average molecular weight is 435 g/mol. The molecule has 2 atom stereocenters. The van der Waals surface area contributed by atoms with Gasteiger partial charge in [-0.2, -0.15) is 0 Å². The number of Topliss-reactive ketones (excluding diaryl/α,β-unsaturated/α-hetero) is 1. The van der Waals surface area contributed by atoms with Crippen molar-refractivity contribution in [2.75, 3.05) is 13.8 Å². The van der Waals surface area contributed by atoms with Crippen LogP contribution in [0.15, 0.2) is 47.3 Å². The highest BCUT2D eigenvalue weighted by Crippen LogP contribution is 2.31. The molecular weight excluding hydrogens is 399 g/mol. The maximum atomic E-state index is 13.3. The molecule has 0 bridgehead atoms. The van der Waals surface area contributed by atoms with E-state index in [4.69, 9.17) is 4.74 Å². The first kappa shape index (κ1) is 25.1. The summed E-state index contributed by atoms with van der Waals surface area (Å²) in [7, 11) is 1.25. The molecule has 2 aliphatic carbocycles. The molecule has 0 heterocycles. The Morgan fingerprint density at radius 2 is 2.10 bits per heavy atom. The molecule has 5 nitrogen and oxygen atoms in total. The summed E-state index contributed by atoms with van der Waals surface area (Å²) < 4.78 is 18.1. The SMILES string of the molecule is COC(=O)C(=C(O)CCCC/C=C/C[C@@](O)(/C=C/C1=CCCC1)CF)[C@H]1CCCC1=O. The number of aliphatic hydroxyl groups is 2. The maximum Gasteiger partial charge on any atom is 0.337 e. The highest BCUT2D eigenvalue weighted by Gasteiger charge is 2.34. The number of halogens is 1. The van der Waals surface area contributed by atoms with Gasteiger partial charge in [-0.3, -0.25) is 4.79 Å². The molecule has 172 valence electrons. The molecule has 6 heteroatoms. The first-order chi connectivity index (χ1) is 14.9. The minimum Gasteiger partial charge on any atom is -0.512 e. The number of ether oxygens (including phenoxy) is 1. The van der Waals surface area contributed by atoms with Crippen molar-refractivity contribution >= 4 is 11.8 Å². The molecule has 1 fully saturated rings. The van der Waals surface area contributed by atoms with Gasteiger partial charge < -0.3 is 14.9 Å². The molecular formula is C25H35FO5. The van der Waals surface area contributed by atoms with Crippen LogP contribution in [0.25, 0.3) is 0 Å². The highest BCUT2D eigenvalue weighted by molar-refractivity contribution is 5.98. The second-order valence-corrected chi connectivity index (χ2v) is 8.43. The second kappa shape index (κ2) is 12.6. The van der Waals surface area contributed by atoms with Crippen LogP contribution < -0.4 is 0 Å². The van der Waals surface area contributed by atoms with Crippen molar-refractivity contribution in [3.8, 4) is 0 Å². The van der Waals surface area contributed by atoms with Crippen LogP contribution in [0.2, 0.25) is 0 Å². The van der Waals surface area contributed by atoms with Gasteiger partial charge in [-0.1, -0.05) is 29.9 Å². The zero-order valence-electron chi connectivity index (χ0n) is 18.4. The lowest BCUT2D eigenvalue weighted by Crippen LogP contribution is -2.27. The van der Waals surface area contributed by atoms with E-state index in [1.165, 1.54) is 7.11 Å². The lowest BCUT2D eigenvalue weighted by molar-refractivity contribution is -0.138. The molecule has 0 amide bonds. The Kier molecular flexibility index (Phi) is 10.2. The van der Waals surface area contributed by atoms with E-state index >= 15 is 0 Å². The van der Waals surface area contributed by atoms with Crippen molar-refractivity contribution in [2.45, 2.75) is 76.2 Å². The van der Waals surface area contributed by atoms with Gasteiger partial charge in [0, 0.05) is 19.3 Å². The minimum atomic E-state index is -1.48. The van der Waals surface area contributed by atoms with Gasteiger partial charge in [0.15, 0.2) is 0 Å². The van der Waals surface area contributed by atoms with E-state index in [9.17, 15) is 24.2 Å². The summed E-state index contributed by atoms with van der Waals surface area (Å²) >= 11 is 0. The Hall–Kier alpha value is -2.21. The Bertz CT molecular complexity index is 749. The van der Waals surface area contributed by atoms with Crippen LogP contribution in [-0.2, 0) is 14.3 Å². The highest BCUT2D eigenvalue weighted by atomic mass is 19.1. The fraction of sp³-hybridized carbons (Fsp3) is 0.600. The van der Waals surface area contributed by atoms with Crippen molar-refractivity contribution in [1.29, 1.82) is 0 Å². The van der Waals surface area contributed by atoms with E-state index in [0.717, 1.165) is 37.7 Å². The number of rotatable bonds is 12. The Labute approximate surface area is 184 Å². The summed E-state index contributed by atoms with van der Waals surface area (Å²) in [6.45, 7) is -0.837. The minimum absolute atomic E-state index is 0.0199. The molecule has 0 aromatic rings.